The second-order valence-corrected chi connectivity index (χ2v) is 5.62. The summed E-state index contributed by atoms with van der Waals surface area (Å²) >= 11 is 0. The minimum absolute atomic E-state index is 0.0661. The number of carbonyl (C=O) groups excluding carboxylic acids is 1. The molecule has 0 aliphatic heterocycles. The molecule has 2 rings (SSSR count). The van der Waals surface area contributed by atoms with Crippen molar-refractivity contribution in [2.45, 2.75) is 38.1 Å². The second kappa shape index (κ2) is 7.51. The predicted octanol–water partition coefficient (Wildman–Crippen LogP) is 3.00. The Kier molecular flexibility index (Phi) is 5.42. The number of nitriles is 1. The Morgan fingerprint density at radius 2 is 2.14 bits per heavy atom. The number of aromatic hydroxyl groups is 1. The Morgan fingerprint density at radius 3 is 2.77 bits per heavy atom. The highest BCUT2D eigenvalue weighted by molar-refractivity contribution is 6.06. The van der Waals surface area contributed by atoms with E-state index in [0.29, 0.717) is 11.7 Å². The van der Waals surface area contributed by atoms with Crippen LogP contribution < -0.4 is 5.32 Å². The molecule has 5 nitrogen and oxygen atoms in total. The first kappa shape index (κ1) is 15.9. The number of carbonyl (C=O) groups is 1. The smallest absolute Gasteiger partial charge is 0.267 e. The molecule has 1 fully saturated rings. The van der Waals surface area contributed by atoms with Gasteiger partial charge in [-0.05, 0) is 25.0 Å². The molecule has 0 aromatic heterocycles. The van der Waals surface area contributed by atoms with Gasteiger partial charge in [-0.1, -0.05) is 25.3 Å². The molecule has 1 aromatic carbocycles. The van der Waals surface area contributed by atoms with Gasteiger partial charge in [-0.25, -0.2) is 0 Å². The van der Waals surface area contributed by atoms with Gasteiger partial charge in [0.15, 0.2) is 0 Å². The van der Waals surface area contributed by atoms with E-state index in [4.69, 9.17) is 0 Å². The molecule has 0 atom stereocenters. The summed E-state index contributed by atoms with van der Waals surface area (Å²) in [7, 11) is 1.91. The van der Waals surface area contributed by atoms with Gasteiger partial charge in [0.05, 0.1) is 0 Å². The summed E-state index contributed by atoms with van der Waals surface area (Å²) in [5, 5.41) is 21.2. The molecule has 1 saturated carbocycles. The molecule has 5 heteroatoms. The summed E-state index contributed by atoms with van der Waals surface area (Å²) in [4.78, 5) is 14.1. The Labute approximate surface area is 130 Å². The summed E-state index contributed by atoms with van der Waals surface area (Å²) < 4.78 is 0. The number of amides is 1. The lowest BCUT2D eigenvalue weighted by molar-refractivity contribution is -0.112. The highest BCUT2D eigenvalue weighted by Gasteiger charge is 2.18. The summed E-state index contributed by atoms with van der Waals surface area (Å²) in [5.41, 5.74) is 0.530. The maximum atomic E-state index is 12.2. The van der Waals surface area contributed by atoms with Gasteiger partial charge in [0.25, 0.3) is 5.91 Å². The number of hydrogen-bond donors (Lipinski definition) is 2. The highest BCUT2D eigenvalue weighted by atomic mass is 16.3. The maximum Gasteiger partial charge on any atom is 0.267 e. The van der Waals surface area contributed by atoms with E-state index in [0.717, 1.165) is 12.8 Å². The molecule has 0 heterocycles. The van der Waals surface area contributed by atoms with Crippen molar-refractivity contribution in [3.05, 3.63) is 36.0 Å². The minimum atomic E-state index is -0.462. The number of nitrogens with zero attached hydrogens (tertiary/aromatic N) is 2. The van der Waals surface area contributed by atoms with Crippen LogP contribution in [-0.4, -0.2) is 29.0 Å². The van der Waals surface area contributed by atoms with Crippen LogP contribution >= 0.6 is 0 Å². The predicted molar refractivity (Wildman–Crippen MR) is 85.1 cm³/mol. The first-order chi connectivity index (χ1) is 10.6. The fourth-order valence-electron chi connectivity index (χ4n) is 2.72. The van der Waals surface area contributed by atoms with Crippen LogP contribution in [0.1, 0.15) is 32.1 Å². The largest absolute Gasteiger partial charge is 0.508 e. The number of nitrogens with one attached hydrogen (secondary N) is 1. The molecule has 1 aliphatic rings. The lowest BCUT2D eigenvalue weighted by atomic mass is 9.94. The van der Waals surface area contributed by atoms with Gasteiger partial charge < -0.3 is 15.3 Å². The molecule has 2 N–H and O–H groups in total. The lowest BCUT2D eigenvalue weighted by Gasteiger charge is -2.30. The zero-order valence-electron chi connectivity index (χ0n) is 12.7. The molecule has 1 aliphatic carbocycles. The molecule has 0 saturated heterocycles. The van der Waals surface area contributed by atoms with Crippen molar-refractivity contribution in [1.29, 1.82) is 5.26 Å². The number of phenols is 1. The van der Waals surface area contributed by atoms with Crippen LogP contribution in [0.2, 0.25) is 0 Å². The van der Waals surface area contributed by atoms with E-state index in [1.54, 1.807) is 18.3 Å². The highest BCUT2D eigenvalue weighted by Crippen LogP contribution is 2.22. The van der Waals surface area contributed by atoms with Crippen LogP contribution in [0.15, 0.2) is 36.0 Å². The summed E-state index contributed by atoms with van der Waals surface area (Å²) in [6.07, 6.45) is 7.46. The van der Waals surface area contributed by atoms with Crippen LogP contribution in [-0.2, 0) is 4.79 Å². The van der Waals surface area contributed by atoms with Gasteiger partial charge >= 0.3 is 0 Å². The number of phenolic OH excluding ortho intramolecular Hbond substituents is 1. The molecule has 0 unspecified atom stereocenters. The zero-order chi connectivity index (χ0) is 15.9. The Bertz CT molecular complexity index is 598. The van der Waals surface area contributed by atoms with Crippen LogP contribution in [0.4, 0.5) is 5.69 Å². The van der Waals surface area contributed by atoms with Crippen LogP contribution in [0.25, 0.3) is 0 Å². The number of rotatable bonds is 4. The maximum absolute atomic E-state index is 12.2. The van der Waals surface area contributed by atoms with Gasteiger partial charge in [0, 0.05) is 31.0 Å². The number of anilines is 1. The Hall–Kier alpha value is -2.48. The second-order valence-electron chi connectivity index (χ2n) is 5.62. The van der Waals surface area contributed by atoms with Gasteiger partial charge in [0.1, 0.15) is 17.4 Å². The zero-order valence-corrected chi connectivity index (χ0v) is 12.7. The summed E-state index contributed by atoms with van der Waals surface area (Å²) in [6, 6.07) is 8.61. The minimum Gasteiger partial charge on any atom is -0.508 e. The first-order valence-electron chi connectivity index (χ1n) is 7.54. The summed E-state index contributed by atoms with van der Waals surface area (Å²) in [5.74, 6) is -0.393. The van der Waals surface area contributed by atoms with Crippen LogP contribution in [0.5, 0.6) is 5.75 Å². The molecular formula is C17H21N3O2. The lowest BCUT2D eigenvalue weighted by Crippen LogP contribution is -2.30. The molecule has 1 amide bonds. The van der Waals surface area contributed by atoms with Crippen molar-refractivity contribution in [2.24, 2.45) is 0 Å². The van der Waals surface area contributed by atoms with Crippen molar-refractivity contribution >= 4 is 11.6 Å². The van der Waals surface area contributed by atoms with Gasteiger partial charge in [-0.2, -0.15) is 5.26 Å². The van der Waals surface area contributed by atoms with Crippen LogP contribution in [0, 0.1) is 11.3 Å². The van der Waals surface area contributed by atoms with E-state index in [2.05, 4.69) is 5.32 Å². The van der Waals surface area contributed by atoms with Gasteiger partial charge in [-0.15, -0.1) is 0 Å². The Balaban J connectivity index is 2.04. The van der Waals surface area contributed by atoms with E-state index in [-0.39, 0.29) is 11.3 Å². The van der Waals surface area contributed by atoms with Crippen molar-refractivity contribution in [2.75, 3.05) is 12.4 Å². The molecule has 1 aromatic rings. The molecular weight excluding hydrogens is 278 g/mol. The molecule has 22 heavy (non-hydrogen) atoms. The molecule has 0 radical (unpaired) electrons. The average Bonchev–Trinajstić information content (AvgIpc) is 2.53. The van der Waals surface area contributed by atoms with Crippen molar-refractivity contribution < 1.29 is 9.90 Å². The number of benzene rings is 1. The van der Waals surface area contributed by atoms with E-state index in [9.17, 15) is 15.2 Å². The average molecular weight is 299 g/mol. The van der Waals surface area contributed by atoms with E-state index >= 15 is 0 Å². The molecule has 0 spiro atoms. The standard InChI is InChI=1S/C17H21N3O2/c1-20(15-7-3-2-4-8-15)12-13(11-18)17(22)19-14-6-5-9-16(21)10-14/h5-6,9-10,12,15,21H,2-4,7-8H2,1H3,(H,19,22)/b13-12-. The monoisotopic (exact) mass is 299 g/mol. The third kappa shape index (κ3) is 4.26. The van der Waals surface area contributed by atoms with Crippen molar-refractivity contribution in [3.8, 4) is 11.8 Å². The van der Waals surface area contributed by atoms with Crippen molar-refractivity contribution in [3.63, 3.8) is 0 Å². The SMILES string of the molecule is CN(/C=C(/C#N)C(=O)Nc1cccc(O)c1)C1CCCCC1. The third-order valence-electron chi connectivity index (χ3n) is 3.95. The van der Waals surface area contributed by atoms with Gasteiger partial charge in [0.2, 0.25) is 0 Å². The number of hydrogen-bond acceptors (Lipinski definition) is 4. The van der Waals surface area contributed by atoms with E-state index < -0.39 is 5.91 Å². The Morgan fingerprint density at radius 1 is 1.41 bits per heavy atom. The topological polar surface area (TPSA) is 76.4 Å². The van der Waals surface area contributed by atoms with Crippen LogP contribution in [0.3, 0.4) is 0 Å². The van der Waals surface area contributed by atoms with Crippen molar-refractivity contribution in [1.82, 2.24) is 4.90 Å². The fraction of sp³-hybridized carbons (Fsp3) is 0.412. The first-order valence-corrected chi connectivity index (χ1v) is 7.54. The normalized spacial score (nSPS) is 15.9. The quantitative estimate of drug-likeness (QED) is 0.662. The van der Waals surface area contributed by atoms with E-state index in [1.165, 1.54) is 31.4 Å². The summed E-state index contributed by atoms with van der Waals surface area (Å²) in [6.45, 7) is 0. The fourth-order valence-corrected chi connectivity index (χ4v) is 2.72. The van der Waals surface area contributed by atoms with Gasteiger partial charge in [-0.3, -0.25) is 4.79 Å². The molecule has 0 bridgehead atoms. The van der Waals surface area contributed by atoms with E-state index in [1.807, 2.05) is 18.0 Å². The third-order valence-corrected chi connectivity index (χ3v) is 3.95. The molecule has 116 valence electrons.